The Balaban J connectivity index is 1.46. The van der Waals surface area contributed by atoms with Gasteiger partial charge < -0.3 is 19.3 Å². The average Bonchev–Trinajstić information content (AvgIpc) is 3.16. The zero-order valence-corrected chi connectivity index (χ0v) is 18.2. The fraction of sp³-hybridized carbons (Fsp3) is 0.364. The van der Waals surface area contributed by atoms with Crippen molar-refractivity contribution in [3.63, 3.8) is 0 Å². The quantitative estimate of drug-likeness (QED) is 0.623. The molecule has 0 aliphatic carbocycles. The predicted molar refractivity (Wildman–Crippen MR) is 116 cm³/mol. The number of benzene rings is 1. The molecule has 162 valence electrons. The topological polar surface area (TPSA) is 85.6 Å². The first-order chi connectivity index (χ1) is 15.0. The summed E-state index contributed by atoms with van der Waals surface area (Å²) < 4.78 is 12.5. The van der Waals surface area contributed by atoms with Crippen LogP contribution in [0.4, 0.5) is 5.82 Å². The molecule has 0 bridgehead atoms. The summed E-state index contributed by atoms with van der Waals surface area (Å²) in [5.41, 5.74) is 2.58. The summed E-state index contributed by atoms with van der Waals surface area (Å²) >= 11 is 0. The second-order valence-electron chi connectivity index (χ2n) is 7.40. The van der Waals surface area contributed by atoms with Gasteiger partial charge in [0.2, 0.25) is 0 Å². The molecule has 0 N–H and O–H groups in total. The Morgan fingerprint density at radius 2 is 1.52 bits per heavy atom. The van der Waals surface area contributed by atoms with Gasteiger partial charge in [0.1, 0.15) is 35.8 Å². The van der Waals surface area contributed by atoms with E-state index >= 15 is 0 Å². The number of ether oxygens (including phenoxy) is 2. The number of anilines is 1. The summed E-state index contributed by atoms with van der Waals surface area (Å²) in [5, 5.41) is 0. The van der Waals surface area contributed by atoms with Crippen molar-refractivity contribution >= 4 is 11.7 Å². The molecule has 1 saturated heterocycles. The normalized spacial score (nSPS) is 13.9. The fourth-order valence-electron chi connectivity index (χ4n) is 3.62. The zero-order chi connectivity index (χ0) is 22.0. The van der Waals surface area contributed by atoms with Crippen molar-refractivity contribution < 1.29 is 14.3 Å². The molecule has 3 heterocycles. The number of rotatable bonds is 5. The molecule has 1 fully saturated rings. The standard InChI is InChI=1S/C22H26N6O3/c1-15-16(2)28(14-25-15)21-12-20(23-13-24-21)26-5-7-27(8-6-26)22(29)17-9-18(30-3)11-19(10-17)31-4/h9-14H,5-8H2,1-4H3. The van der Waals surface area contributed by atoms with Gasteiger partial charge in [0.25, 0.3) is 5.91 Å². The minimum absolute atomic E-state index is 0.0373. The van der Waals surface area contributed by atoms with Gasteiger partial charge in [-0.05, 0) is 26.0 Å². The van der Waals surface area contributed by atoms with Crippen LogP contribution >= 0.6 is 0 Å². The van der Waals surface area contributed by atoms with Gasteiger partial charge in [-0.3, -0.25) is 9.36 Å². The van der Waals surface area contributed by atoms with Crippen LogP contribution in [0.5, 0.6) is 11.5 Å². The molecule has 4 rings (SSSR count). The number of hydrogen-bond acceptors (Lipinski definition) is 7. The number of hydrogen-bond donors (Lipinski definition) is 0. The van der Waals surface area contributed by atoms with Gasteiger partial charge >= 0.3 is 0 Å². The lowest BCUT2D eigenvalue weighted by Crippen LogP contribution is -2.49. The number of piperazine rings is 1. The highest BCUT2D eigenvalue weighted by atomic mass is 16.5. The molecule has 9 nitrogen and oxygen atoms in total. The highest BCUT2D eigenvalue weighted by Gasteiger charge is 2.24. The average molecular weight is 422 g/mol. The number of nitrogens with zero attached hydrogens (tertiary/aromatic N) is 6. The summed E-state index contributed by atoms with van der Waals surface area (Å²) in [6.07, 6.45) is 3.34. The van der Waals surface area contributed by atoms with E-state index in [-0.39, 0.29) is 5.91 Å². The summed E-state index contributed by atoms with van der Waals surface area (Å²) in [4.78, 5) is 30.2. The molecule has 0 unspecified atom stereocenters. The van der Waals surface area contributed by atoms with Crippen molar-refractivity contribution in [3.8, 4) is 17.3 Å². The molecule has 1 aliphatic heterocycles. The van der Waals surface area contributed by atoms with Crippen molar-refractivity contribution in [3.05, 3.63) is 53.9 Å². The van der Waals surface area contributed by atoms with E-state index in [1.807, 2.05) is 29.4 Å². The lowest BCUT2D eigenvalue weighted by molar-refractivity contribution is 0.0745. The molecule has 0 saturated carbocycles. The first-order valence-electron chi connectivity index (χ1n) is 10.1. The summed E-state index contributed by atoms with van der Waals surface area (Å²) in [6.45, 7) is 6.56. The van der Waals surface area contributed by atoms with E-state index in [0.717, 1.165) is 23.0 Å². The second-order valence-corrected chi connectivity index (χ2v) is 7.40. The van der Waals surface area contributed by atoms with Gasteiger partial charge in [-0.2, -0.15) is 0 Å². The van der Waals surface area contributed by atoms with Crippen LogP contribution in [0.25, 0.3) is 5.82 Å². The Hall–Kier alpha value is -3.62. The van der Waals surface area contributed by atoms with Gasteiger partial charge in [-0.1, -0.05) is 0 Å². The number of amides is 1. The van der Waals surface area contributed by atoms with Crippen LogP contribution in [-0.4, -0.2) is 70.7 Å². The van der Waals surface area contributed by atoms with Gasteiger partial charge in [-0.15, -0.1) is 0 Å². The Morgan fingerprint density at radius 3 is 2.10 bits per heavy atom. The molecular formula is C22H26N6O3. The molecule has 31 heavy (non-hydrogen) atoms. The number of aryl methyl sites for hydroxylation is 1. The van der Waals surface area contributed by atoms with E-state index in [1.165, 1.54) is 0 Å². The van der Waals surface area contributed by atoms with E-state index < -0.39 is 0 Å². The minimum atomic E-state index is -0.0373. The minimum Gasteiger partial charge on any atom is -0.497 e. The summed E-state index contributed by atoms with van der Waals surface area (Å²) in [5.74, 6) is 2.78. The summed E-state index contributed by atoms with van der Waals surface area (Å²) in [7, 11) is 3.15. The maximum atomic E-state index is 13.0. The Bertz CT molecular complexity index is 1070. The van der Waals surface area contributed by atoms with Crippen molar-refractivity contribution in [1.82, 2.24) is 24.4 Å². The Kier molecular flexibility index (Phi) is 5.75. The first kappa shape index (κ1) is 20.6. The van der Waals surface area contributed by atoms with Gasteiger partial charge in [-0.25, -0.2) is 15.0 Å². The first-order valence-corrected chi connectivity index (χ1v) is 10.1. The molecule has 0 spiro atoms. The highest BCUT2D eigenvalue weighted by molar-refractivity contribution is 5.95. The van der Waals surface area contributed by atoms with Crippen LogP contribution < -0.4 is 14.4 Å². The molecular weight excluding hydrogens is 396 g/mol. The molecule has 2 aromatic heterocycles. The van der Waals surface area contributed by atoms with E-state index in [2.05, 4.69) is 19.9 Å². The lowest BCUT2D eigenvalue weighted by atomic mass is 10.1. The van der Waals surface area contributed by atoms with Crippen molar-refractivity contribution in [2.75, 3.05) is 45.3 Å². The van der Waals surface area contributed by atoms with Crippen molar-refractivity contribution in [2.45, 2.75) is 13.8 Å². The third-order valence-corrected chi connectivity index (χ3v) is 5.63. The Morgan fingerprint density at radius 1 is 0.871 bits per heavy atom. The number of imidazole rings is 1. The zero-order valence-electron chi connectivity index (χ0n) is 18.2. The van der Waals surface area contributed by atoms with Crippen LogP contribution in [-0.2, 0) is 0 Å². The second kappa shape index (κ2) is 8.63. The molecule has 0 atom stereocenters. The molecule has 9 heteroatoms. The Labute approximate surface area is 181 Å². The SMILES string of the molecule is COc1cc(OC)cc(C(=O)N2CCN(c3cc(-n4cnc(C)c4C)ncn3)CC2)c1. The smallest absolute Gasteiger partial charge is 0.254 e. The van der Waals surface area contributed by atoms with Gasteiger partial charge in [0.15, 0.2) is 0 Å². The van der Waals surface area contributed by atoms with Crippen LogP contribution in [0.1, 0.15) is 21.7 Å². The molecule has 0 radical (unpaired) electrons. The van der Waals surface area contributed by atoms with Gasteiger partial charge in [0, 0.05) is 49.6 Å². The maximum Gasteiger partial charge on any atom is 0.254 e. The van der Waals surface area contributed by atoms with Crippen molar-refractivity contribution in [2.24, 2.45) is 0 Å². The maximum absolute atomic E-state index is 13.0. The largest absolute Gasteiger partial charge is 0.497 e. The predicted octanol–water partition coefficient (Wildman–Crippen LogP) is 2.26. The van der Waals surface area contributed by atoms with E-state index in [4.69, 9.17) is 9.47 Å². The van der Waals surface area contributed by atoms with E-state index in [1.54, 1.807) is 45.1 Å². The monoisotopic (exact) mass is 422 g/mol. The number of aromatic nitrogens is 4. The van der Waals surface area contributed by atoms with Crippen LogP contribution in [0.2, 0.25) is 0 Å². The fourth-order valence-corrected chi connectivity index (χ4v) is 3.62. The number of methoxy groups -OCH3 is 2. The van der Waals surface area contributed by atoms with Crippen LogP contribution in [0.15, 0.2) is 36.9 Å². The van der Waals surface area contributed by atoms with E-state index in [0.29, 0.717) is 43.2 Å². The van der Waals surface area contributed by atoms with Crippen LogP contribution in [0.3, 0.4) is 0 Å². The summed E-state index contributed by atoms with van der Waals surface area (Å²) in [6, 6.07) is 7.19. The molecule has 1 aromatic carbocycles. The van der Waals surface area contributed by atoms with E-state index in [9.17, 15) is 4.79 Å². The molecule has 1 amide bonds. The number of carbonyl (C=O) groups is 1. The highest BCUT2D eigenvalue weighted by Crippen LogP contribution is 2.24. The third kappa shape index (κ3) is 4.16. The lowest BCUT2D eigenvalue weighted by Gasteiger charge is -2.35. The molecule has 3 aromatic rings. The van der Waals surface area contributed by atoms with Crippen molar-refractivity contribution in [1.29, 1.82) is 0 Å². The number of carbonyl (C=O) groups excluding carboxylic acids is 1. The van der Waals surface area contributed by atoms with Crippen LogP contribution in [0, 0.1) is 13.8 Å². The van der Waals surface area contributed by atoms with Gasteiger partial charge in [0.05, 0.1) is 19.9 Å². The molecule has 1 aliphatic rings. The third-order valence-electron chi connectivity index (χ3n) is 5.63.